The number of ether oxygens (including phenoxy) is 3. The average Bonchev–Trinajstić information content (AvgIpc) is 3.00. The molecule has 0 aliphatic carbocycles. The summed E-state index contributed by atoms with van der Waals surface area (Å²) in [7, 11) is 0. The van der Waals surface area contributed by atoms with Gasteiger partial charge in [0.15, 0.2) is 0 Å². The zero-order valence-corrected chi connectivity index (χ0v) is 22.0. The molecule has 0 N–H and O–H groups in total. The van der Waals surface area contributed by atoms with Gasteiger partial charge >= 0.3 is 64.6 Å². The van der Waals surface area contributed by atoms with Crippen molar-refractivity contribution in [2.45, 2.75) is 72.1 Å². The van der Waals surface area contributed by atoms with E-state index in [0.29, 0.717) is 40.7 Å². The average molecular weight is 693 g/mol. The summed E-state index contributed by atoms with van der Waals surface area (Å²) in [4.78, 5) is 49.7. The summed E-state index contributed by atoms with van der Waals surface area (Å²) in [5.74, 6) is -0.00699. The molecule has 1 aliphatic rings. The molecule has 0 unspecified atom stereocenters. The van der Waals surface area contributed by atoms with E-state index in [1.807, 2.05) is 20.8 Å². The molecule has 1 fully saturated rings. The SMILES string of the molecule is CCCCOC(=O)[O-].CCCCOC(=O)[O-].CCCCOC(=O)[O-].O=C1CCC(=O)[N]1[Pu+3]. The van der Waals surface area contributed by atoms with Gasteiger partial charge in [-0.3, -0.25) is 0 Å². The van der Waals surface area contributed by atoms with Gasteiger partial charge in [0, 0.05) is 19.8 Å². The third kappa shape index (κ3) is 30.1. The van der Waals surface area contributed by atoms with Crippen molar-refractivity contribution >= 4 is 30.3 Å². The second kappa shape index (κ2) is 25.2. The third-order valence-electron chi connectivity index (χ3n) is 3.16. The zero-order valence-electron chi connectivity index (χ0n) is 18.6. The van der Waals surface area contributed by atoms with Crippen LogP contribution < -0.4 is 15.3 Å². The molecule has 0 atom stereocenters. The molecule has 2 amide bonds. The number of carboxylic acid groups (broad SMARTS) is 3. The van der Waals surface area contributed by atoms with E-state index in [4.69, 9.17) is 0 Å². The molecular formula is C19H31NO11Pu. The summed E-state index contributed by atoms with van der Waals surface area (Å²) < 4.78 is 13.6. The number of rotatable bonds is 9. The van der Waals surface area contributed by atoms with Gasteiger partial charge in [-0.05, 0) is 19.3 Å². The maximum atomic E-state index is 10.5. The zero-order chi connectivity index (χ0) is 25.4. The summed E-state index contributed by atoms with van der Waals surface area (Å²) in [5, 5.41) is 28.6. The molecule has 0 aromatic rings. The van der Waals surface area contributed by atoms with Gasteiger partial charge in [-0.1, -0.05) is 40.0 Å². The second-order valence-corrected chi connectivity index (χ2v) is 7.46. The number of carbonyl (C=O) groups is 5. The molecular weight excluding hydrogens is 662 g/mol. The standard InChI is InChI=1S/3C5H10O3.C4H5NO2.Pu/c3*1-2-3-4-8-5(6)7;6-3-1-2-4(7)5-3;/h3*2-4H2,1H3,(H,6,7);1-2H2,(H,5,6,7);/q;;;;+4/p-4. The Labute approximate surface area is 205 Å². The van der Waals surface area contributed by atoms with Crippen molar-refractivity contribution in [3.63, 3.8) is 0 Å². The topological polar surface area (TPSA) is 185 Å². The van der Waals surface area contributed by atoms with Crippen molar-refractivity contribution in [3.05, 3.63) is 0 Å². The summed E-state index contributed by atoms with van der Waals surface area (Å²) in [5.41, 5.74) is 0. The van der Waals surface area contributed by atoms with Crippen LogP contribution in [0.3, 0.4) is 0 Å². The molecule has 0 saturated carbocycles. The summed E-state index contributed by atoms with van der Waals surface area (Å²) in [6.07, 6.45) is 1.69. The Kier molecular flexibility index (Phi) is 27.2. The molecule has 1 aliphatic heterocycles. The van der Waals surface area contributed by atoms with Crippen molar-refractivity contribution in [2.75, 3.05) is 19.8 Å². The minimum atomic E-state index is -1.43. The molecule has 0 spiro atoms. The fraction of sp³-hybridized carbons (Fsp3) is 0.737. The number of nitrogens with zero attached hydrogens (tertiary/aromatic N) is 1. The number of hydrogen-bond acceptors (Lipinski definition) is 11. The molecule has 0 aromatic carbocycles. The number of carbonyl (C=O) groups excluding carboxylic acids is 5. The van der Waals surface area contributed by atoms with Crippen LogP contribution in [0.25, 0.3) is 0 Å². The monoisotopic (exact) mass is 687 g/mol. The number of unbranched alkanes of at least 4 members (excludes halogenated alkanes) is 3. The van der Waals surface area contributed by atoms with Crippen LogP contribution in [0.15, 0.2) is 0 Å². The first-order valence-electron chi connectivity index (χ1n) is 10.1. The normalized spacial score (nSPS) is 11.6. The molecule has 12 nitrogen and oxygen atoms in total. The van der Waals surface area contributed by atoms with Gasteiger partial charge in [-0.2, -0.15) is 0 Å². The van der Waals surface area contributed by atoms with Gasteiger partial charge in [0.1, 0.15) is 0 Å². The Morgan fingerprint density at radius 3 is 1.09 bits per heavy atom. The van der Waals surface area contributed by atoms with Crippen LogP contribution in [0.5, 0.6) is 0 Å². The van der Waals surface area contributed by atoms with E-state index in [1.165, 1.54) is 2.48 Å². The van der Waals surface area contributed by atoms with Gasteiger partial charge in [-0.25, -0.2) is 0 Å². The molecule has 184 valence electrons. The van der Waals surface area contributed by atoms with Crippen molar-refractivity contribution in [2.24, 2.45) is 0 Å². The van der Waals surface area contributed by atoms with Gasteiger partial charge < -0.3 is 43.9 Å². The van der Waals surface area contributed by atoms with Gasteiger partial charge in [0.05, 0.1) is 0 Å². The van der Waals surface area contributed by atoms with Gasteiger partial charge in [0.25, 0.3) is 18.5 Å². The Morgan fingerprint density at radius 1 is 0.719 bits per heavy atom. The van der Waals surface area contributed by atoms with Crippen LogP contribution >= 0.6 is 0 Å². The molecule has 0 aromatic heterocycles. The third-order valence-corrected chi connectivity index (χ3v) is 4.85. The summed E-state index contributed by atoms with van der Waals surface area (Å²) in [6.45, 7) is 6.66. The molecule has 1 heterocycles. The van der Waals surface area contributed by atoms with E-state index in [0.717, 1.165) is 38.5 Å². The summed E-state index contributed by atoms with van der Waals surface area (Å²) in [6, 6.07) is 0. The van der Waals surface area contributed by atoms with E-state index in [-0.39, 0.29) is 31.6 Å². The maximum absolute atomic E-state index is 10.5. The second-order valence-electron chi connectivity index (χ2n) is 5.94. The van der Waals surface area contributed by atoms with Crippen molar-refractivity contribution in [3.8, 4) is 0 Å². The molecule has 13 heteroatoms. The Balaban J connectivity index is -0.000000350. The molecule has 0 bridgehead atoms. The van der Waals surface area contributed by atoms with Crippen molar-refractivity contribution in [1.29, 1.82) is 0 Å². The minimum absolute atomic E-state index is 0.00350. The van der Waals surface area contributed by atoms with Gasteiger partial charge in [-0.15, -0.1) is 0 Å². The molecule has 1 saturated heterocycles. The Morgan fingerprint density at radius 2 is 0.969 bits per heavy atom. The predicted octanol–water partition coefficient (Wildman–Crippen LogP) is 0.0389. The number of hydrogen-bond donors (Lipinski definition) is 0. The number of amides is 2. The van der Waals surface area contributed by atoms with Gasteiger partial charge in [0.2, 0.25) is 0 Å². The van der Waals surface area contributed by atoms with Crippen molar-refractivity contribution < 1.29 is 81.4 Å². The van der Waals surface area contributed by atoms with Crippen LogP contribution in [0.2, 0.25) is 0 Å². The van der Waals surface area contributed by atoms with Crippen LogP contribution in [0, 0.1) is 27.9 Å². The summed E-state index contributed by atoms with van der Waals surface area (Å²) >= 11 is 0.633. The van der Waals surface area contributed by atoms with Crippen LogP contribution in [-0.2, 0) is 23.8 Å². The fourth-order valence-corrected chi connectivity index (χ4v) is 2.22. The van der Waals surface area contributed by atoms with Crippen LogP contribution in [0.1, 0.15) is 72.1 Å². The molecule has 32 heavy (non-hydrogen) atoms. The fourth-order valence-electron chi connectivity index (χ4n) is 1.46. The predicted molar refractivity (Wildman–Crippen MR) is 99.9 cm³/mol. The van der Waals surface area contributed by atoms with E-state index in [1.54, 1.807) is 0 Å². The number of imide groups is 1. The van der Waals surface area contributed by atoms with Crippen LogP contribution in [-0.4, -0.2) is 52.6 Å². The van der Waals surface area contributed by atoms with Crippen molar-refractivity contribution in [1.82, 2.24) is 2.48 Å². The molecule has 1 rings (SSSR count). The molecule has 0 radical (unpaired) electrons. The first-order valence-corrected chi connectivity index (χ1v) is 11.6. The van der Waals surface area contributed by atoms with E-state index >= 15 is 0 Å². The quantitative estimate of drug-likeness (QED) is 0.137. The van der Waals surface area contributed by atoms with Crippen LogP contribution in [0.4, 0.5) is 14.4 Å². The Hall–Kier alpha value is -2.06. The first kappa shape index (κ1) is 34.5. The van der Waals surface area contributed by atoms with E-state index < -0.39 is 18.5 Å². The Bertz CT molecular complexity index is 480. The first-order chi connectivity index (χ1) is 15.0. The van der Waals surface area contributed by atoms with E-state index in [2.05, 4.69) is 14.2 Å². The van der Waals surface area contributed by atoms with E-state index in [9.17, 15) is 39.3 Å².